The van der Waals surface area contributed by atoms with Crippen molar-refractivity contribution in [3.8, 4) is 0 Å². The molecule has 1 aromatic carbocycles. The van der Waals surface area contributed by atoms with E-state index in [0.29, 0.717) is 11.3 Å². The Labute approximate surface area is 105 Å². The first-order valence-electron chi connectivity index (χ1n) is 5.27. The van der Waals surface area contributed by atoms with Gasteiger partial charge in [-0.2, -0.15) is 0 Å². The Bertz CT molecular complexity index is 403. The molecule has 92 valence electrons. The topological polar surface area (TPSA) is 58.2 Å². The Morgan fingerprint density at radius 3 is 2.35 bits per heavy atom. The molecule has 5 heteroatoms. The predicted molar refractivity (Wildman–Crippen MR) is 68.3 cm³/mol. The quantitative estimate of drug-likeness (QED) is 0.806. The van der Waals surface area contributed by atoms with Crippen LogP contribution in [-0.2, 0) is 4.79 Å². The molecule has 1 rings (SSSR count). The Morgan fingerprint density at radius 1 is 1.29 bits per heavy atom. The predicted octanol–water partition coefficient (Wildman–Crippen LogP) is 1.86. The molecule has 0 aromatic heterocycles. The molecule has 0 fully saturated rings. The molecule has 1 atom stereocenters. The standard InChI is InChI=1S/C12H15ClN2O2/c1-8(7-13)11(16)15-10-5-3-9(4-6-10)12(17)14-2/h3-6,8H,7H2,1-2H3,(H,14,17)(H,15,16). The highest BCUT2D eigenvalue weighted by atomic mass is 35.5. The minimum Gasteiger partial charge on any atom is -0.355 e. The summed E-state index contributed by atoms with van der Waals surface area (Å²) in [5, 5.41) is 5.25. The van der Waals surface area contributed by atoms with Crippen LogP contribution < -0.4 is 10.6 Å². The number of hydrogen-bond acceptors (Lipinski definition) is 2. The number of halogens is 1. The molecule has 0 bridgehead atoms. The molecule has 0 heterocycles. The van der Waals surface area contributed by atoms with Crippen molar-refractivity contribution in [2.24, 2.45) is 5.92 Å². The van der Waals surface area contributed by atoms with E-state index in [4.69, 9.17) is 11.6 Å². The highest BCUT2D eigenvalue weighted by Crippen LogP contribution is 2.11. The van der Waals surface area contributed by atoms with Gasteiger partial charge in [0.05, 0.1) is 0 Å². The van der Waals surface area contributed by atoms with Gasteiger partial charge in [-0.25, -0.2) is 0 Å². The summed E-state index contributed by atoms with van der Waals surface area (Å²) >= 11 is 5.58. The first-order valence-corrected chi connectivity index (χ1v) is 5.81. The maximum absolute atomic E-state index is 11.5. The van der Waals surface area contributed by atoms with Gasteiger partial charge in [0.15, 0.2) is 0 Å². The third-order valence-corrected chi connectivity index (χ3v) is 2.78. The van der Waals surface area contributed by atoms with Crippen LogP contribution in [0, 0.1) is 5.92 Å². The number of carbonyl (C=O) groups excluding carboxylic acids is 2. The van der Waals surface area contributed by atoms with Crippen LogP contribution in [0.3, 0.4) is 0 Å². The summed E-state index contributed by atoms with van der Waals surface area (Å²) in [5.74, 6) is -0.248. The average Bonchev–Trinajstić information content (AvgIpc) is 2.37. The van der Waals surface area contributed by atoms with Crippen LogP contribution in [0.2, 0.25) is 0 Å². The fourth-order valence-corrected chi connectivity index (χ4v) is 1.32. The highest BCUT2D eigenvalue weighted by molar-refractivity contribution is 6.19. The van der Waals surface area contributed by atoms with Crippen LogP contribution in [0.1, 0.15) is 17.3 Å². The maximum atomic E-state index is 11.5. The molecule has 2 N–H and O–H groups in total. The first kappa shape index (κ1) is 13.5. The number of anilines is 1. The molecule has 1 aromatic rings. The van der Waals surface area contributed by atoms with Crippen molar-refractivity contribution in [1.29, 1.82) is 0 Å². The van der Waals surface area contributed by atoms with Crippen LogP contribution in [0.5, 0.6) is 0 Å². The molecule has 4 nitrogen and oxygen atoms in total. The Kier molecular flexibility index (Phi) is 4.97. The second kappa shape index (κ2) is 6.25. The summed E-state index contributed by atoms with van der Waals surface area (Å²) in [5.41, 5.74) is 1.20. The zero-order chi connectivity index (χ0) is 12.8. The van der Waals surface area contributed by atoms with E-state index < -0.39 is 0 Å². The third kappa shape index (κ3) is 3.75. The fraction of sp³-hybridized carbons (Fsp3) is 0.333. The lowest BCUT2D eigenvalue weighted by atomic mass is 10.1. The molecule has 0 saturated carbocycles. The van der Waals surface area contributed by atoms with Gasteiger partial charge in [-0.05, 0) is 24.3 Å². The van der Waals surface area contributed by atoms with Crippen molar-refractivity contribution in [1.82, 2.24) is 5.32 Å². The molecule has 0 aliphatic carbocycles. The van der Waals surface area contributed by atoms with Crippen molar-refractivity contribution >= 4 is 29.1 Å². The number of rotatable bonds is 4. The lowest BCUT2D eigenvalue weighted by molar-refractivity contribution is -0.118. The maximum Gasteiger partial charge on any atom is 0.251 e. The zero-order valence-electron chi connectivity index (χ0n) is 9.79. The van der Waals surface area contributed by atoms with E-state index in [1.165, 1.54) is 0 Å². The summed E-state index contributed by atoms with van der Waals surface area (Å²) in [6.07, 6.45) is 0. The van der Waals surface area contributed by atoms with Gasteiger partial charge in [-0.3, -0.25) is 9.59 Å². The average molecular weight is 255 g/mol. The highest BCUT2D eigenvalue weighted by Gasteiger charge is 2.11. The second-order valence-corrected chi connectivity index (χ2v) is 4.01. The first-order chi connectivity index (χ1) is 8.08. The van der Waals surface area contributed by atoms with Crippen molar-refractivity contribution in [3.05, 3.63) is 29.8 Å². The number of nitrogens with one attached hydrogen (secondary N) is 2. The summed E-state index contributed by atoms with van der Waals surface area (Å²) in [7, 11) is 1.57. The smallest absolute Gasteiger partial charge is 0.251 e. The van der Waals surface area contributed by atoms with Crippen LogP contribution >= 0.6 is 11.6 Å². The van der Waals surface area contributed by atoms with Gasteiger partial charge in [-0.1, -0.05) is 6.92 Å². The summed E-state index contributed by atoms with van der Waals surface area (Å²) in [6.45, 7) is 1.75. The van der Waals surface area contributed by atoms with Gasteiger partial charge in [0.1, 0.15) is 0 Å². The lowest BCUT2D eigenvalue weighted by Gasteiger charge is -2.09. The minimum absolute atomic E-state index is 0.132. The van der Waals surface area contributed by atoms with Crippen LogP contribution in [0.4, 0.5) is 5.69 Å². The van der Waals surface area contributed by atoms with E-state index in [1.54, 1.807) is 38.2 Å². The van der Waals surface area contributed by atoms with E-state index in [9.17, 15) is 9.59 Å². The number of benzene rings is 1. The van der Waals surface area contributed by atoms with Crippen molar-refractivity contribution in [3.63, 3.8) is 0 Å². The van der Waals surface area contributed by atoms with Crippen molar-refractivity contribution < 1.29 is 9.59 Å². The van der Waals surface area contributed by atoms with Gasteiger partial charge in [-0.15, -0.1) is 11.6 Å². The van der Waals surface area contributed by atoms with E-state index in [2.05, 4.69) is 10.6 Å². The molecule has 0 radical (unpaired) electrons. The Balaban J connectivity index is 2.69. The SMILES string of the molecule is CNC(=O)c1ccc(NC(=O)C(C)CCl)cc1. The monoisotopic (exact) mass is 254 g/mol. The van der Waals surface area contributed by atoms with E-state index in [1.807, 2.05) is 0 Å². The van der Waals surface area contributed by atoms with Crippen LogP contribution in [-0.4, -0.2) is 24.7 Å². The molecular formula is C12H15ClN2O2. The molecule has 0 aliphatic heterocycles. The molecule has 17 heavy (non-hydrogen) atoms. The Hall–Kier alpha value is -1.55. The van der Waals surface area contributed by atoms with Gasteiger partial charge in [0, 0.05) is 30.1 Å². The zero-order valence-corrected chi connectivity index (χ0v) is 10.5. The number of amides is 2. The molecule has 0 aliphatic rings. The van der Waals surface area contributed by atoms with Crippen molar-refractivity contribution in [2.45, 2.75) is 6.92 Å². The van der Waals surface area contributed by atoms with Crippen LogP contribution in [0.25, 0.3) is 0 Å². The number of alkyl halides is 1. The molecule has 0 spiro atoms. The molecular weight excluding hydrogens is 240 g/mol. The minimum atomic E-state index is -0.240. The lowest BCUT2D eigenvalue weighted by Crippen LogP contribution is -2.21. The van der Waals surface area contributed by atoms with Gasteiger partial charge < -0.3 is 10.6 Å². The van der Waals surface area contributed by atoms with Gasteiger partial charge in [0.2, 0.25) is 5.91 Å². The normalized spacial score (nSPS) is 11.7. The summed E-state index contributed by atoms with van der Waals surface area (Å²) in [4.78, 5) is 22.8. The largest absolute Gasteiger partial charge is 0.355 e. The fourth-order valence-electron chi connectivity index (χ4n) is 1.18. The van der Waals surface area contributed by atoms with Gasteiger partial charge in [0.25, 0.3) is 5.91 Å². The van der Waals surface area contributed by atoms with Crippen LogP contribution in [0.15, 0.2) is 24.3 Å². The number of carbonyl (C=O) groups is 2. The number of hydrogen-bond donors (Lipinski definition) is 2. The van der Waals surface area contributed by atoms with E-state index in [-0.39, 0.29) is 23.6 Å². The van der Waals surface area contributed by atoms with E-state index in [0.717, 1.165) is 0 Å². The van der Waals surface area contributed by atoms with Gasteiger partial charge >= 0.3 is 0 Å². The molecule has 2 amide bonds. The molecule has 0 saturated heterocycles. The summed E-state index contributed by atoms with van der Waals surface area (Å²) in [6, 6.07) is 6.67. The third-order valence-electron chi connectivity index (χ3n) is 2.32. The molecule has 1 unspecified atom stereocenters. The van der Waals surface area contributed by atoms with E-state index >= 15 is 0 Å². The van der Waals surface area contributed by atoms with Crippen molar-refractivity contribution in [2.75, 3.05) is 18.2 Å². The Morgan fingerprint density at radius 2 is 1.88 bits per heavy atom. The second-order valence-electron chi connectivity index (χ2n) is 3.70. The summed E-state index contributed by atoms with van der Waals surface area (Å²) < 4.78 is 0.